The maximum atomic E-state index is 12.4. The summed E-state index contributed by atoms with van der Waals surface area (Å²) < 4.78 is 73.7. The van der Waals surface area contributed by atoms with Gasteiger partial charge in [-0.05, 0) is 17.7 Å². The first-order valence-corrected chi connectivity index (χ1v) is 4.13. The second-order valence-electron chi connectivity index (χ2n) is 3.07. The molecule has 0 aliphatic heterocycles. The molecule has 1 nitrogen and oxygen atoms in total. The maximum absolute atomic E-state index is 12.4. The average molecular weight is 280 g/mol. The van der Waals surface area contributed by atoms with Crippen LogP contribution in [0.3, 0.4) is 0 Å². The topological polar surface area (TPSA) is 26.0 Å². The third kappa shape index (κ3) is 3.78. The van der Waals surface area contributed by atoms with Crippen molar-refractivity contribution in [3.63, 3.8) is 0 Å². The fourth-order valence-corrected chi connectivity index (χ4v) is 1.19. The molecule has 1 aromatic carbocycles. The van der Waals surface area contributed by atoms with Crippen LogP contribution in [0.2, 0.25) is 0 Å². The van der Waals surface area contributed by atoms with Crippen molar-refractivity contribution in [1.29, 1.82) is 0 Å². The number of benzene rings is 1. The molecule has 0 aromatic heterocycles. The first-order chi connectivity index (χ1) is 7.16. The summed E-state index contributed by atoms with van der Waals surface area (Å²) in [6.45, 7) is -0.465. The molecular formula is C9H8ClF6N. The molecule has 0 saturated heterocycles. The second kappa shape index (κ2) is 5.14. The molecule has 0 unspecified atom stereocenters. The molecule has 8 heteroatoms. The molecule has 0 heterocycles. The van der Waals surface area contributed by atoms with E-state index in [2.05, 4.69) is 0 Å². The summed E-state index contributed by atoms with van der Waals surface area (Å²) in [4.78, 5) is 0. The lowest BCUT2D eigenvalue weighted by molar-refractivity contribution is -0.143. The molecule has 0 saturated carbocycles. The van der Waals surface area contributed by atoms with E-state index in [0.29, 0.717) is 6.07 Å². The number of halogens is 7. The maximum Gasteiger partial charge on any atom is 0.416 e. The minimum absolute atomic E-state index is 0. The first-order valence-electron chi connectivity index (χ1n) is 4.13. The Balaban J connectivity index is 0.00000256. The number of hydrogen-bond donors (Lipinski definition) is 1. The zero-order valence-corrected chi connectivity index (χ0v) is 9.01. The summed E-state index contributed by atoms with van der Waals surface area (Å²) in [6, 6.07) is 1.39. The Morgan fingerprint density at radius 2 is 1.47 bits per heavy atom. The van der Waals surface area contributed by atoms with Gasteiger partial charge in [-0.25, -0.2) is 0 Å². The molecule has 17 heavy (non-hydrogen) atoms. The number of nitrogens with two attached hydrogens (primary N) is 1. The molecular weight excluding hydrogens is 272 g/mol. The van der Waals surface area contributed by atoms with Crippen LogP contribution in [0.15, 0.2) is 18.2 Å². The molecule has 98 valence electrons. The van der Waals surface area contributed by atoms with Gasteiger partial charge in [0.05, 0.1) is 11.1 Å². The van der Waals surface area contributed by atoms with Crippen LogP contribution in [0.4, 0.5) is 26.3 Å². The summed E-state index contributed by atoms with van der Waals surface area (Å²) in [5.41, 5.74) is 1.99. The Labute approximate surface area is 99.0 Å². The molecule has 0 amide bonds. The van der Waals surface area contributed by atoms with Crippen LogP contribution in [0.1, 0.15) is 16.7 Å². The summed E-state index contributed by atoms with van der Waals surface area (Å²) in [6.07, 6.45) is -9.64. The normalized spacial score (nSPS) is 12.2. The Morgan fingerprint density at radius 3 is 1.82 bits per heavy atom. The van der Waals surface area contributed by atoms with Crippen molar-refractivity contribution in [2.45, 2.75) is 18.9 Å². The molecule has 0 atom stereocenters. The lowest BCUT2D eigenvalue weighted by Crippen LogP contribution is -2.15. The molecule has 0 aliphatic carbocycles. The van der Waals surface area contributed by atoms with Crippen molar-refractivity contribution < 1.29 is 26.3 Å². The number of alkyl halides is 6. The number of hydrogen-bond acceptors (Lipinski definition) is 1. The van der Waals surface area contributed by atoms with Crippen LogP contribution in [0, 0.1) is 0 Å². The van der Waals surface area contributed by atoms with Gasteiger partial charge in [-0.1, -0.05) is 6.07 Å². The van der Waals surface area contributed by atoms with Crippen LogP contribution in [-0.4, -0.2) is 0 Å². The van der Waals surface area contributed by atoms with E-state index in [-0.39, 0.29) is 24.0 Å². The highest BCUT2D eigenvalue weighted by atomic mass is 35.5. The minimum Gasteiger partial charge on any atom is -0.326 e. The van der Waals surface area contributed by atoms with E-state index in [1.807, 2.05) is 0 Å². The molecule has 1 rings (SSSR count). The van der Waals surface area contributed by atoms with Gasteiger partial charge in [0.15, 0.2) is 0 Å². The average Bonchev–Trinajstić information content (AvgIpc) is 2.14. The van der Waals surface area contributed by atoms with E-state index in [1.54, 1.807) is 0 Å². The monoisotopic (exact) mass is 279 g/mol. The van der Waals surface area contributed by atoms with Crippen molar-refractivity contribution in [3.05, 3.63) is 34.9 Å². The van der Waals surface area contributed by atoms with E-state index in [9.17, 15) is 26.3 Å². The molecule has 0 bridgehead atoms. The first kappa shape index (κ1) is 16.1. The zero-order chi connectivity index (χ0) is 12.6. The molecule has 0 fully saturated rings. The van der Waals surface area contributed by atoms with E-state index in [1.165, 1.54) is 0 Å². The third-order valence-corrected chi connectivity index (χ3v) is 1.96. The Hall–Kier alpha value is -0.950. The van der Waals surface area contributed by atoms with Gasteiger partial charge in [-0.2, -0.15) is 26.3 Å². The summed E-state index contributed by atoms with van der Waals surface area (Å²) in [5.74, 6) is 0. The van der Waals surface area contributed by atoms with Crippen LogP contribution < -0.4 is 5.73 Å². The van der Waals surface area contributed by atoms with Crippen LogP contribution in [-0.2, 0) is 18.9 Å². The lowest BCUT2D eigenvalue weighted by atomic mass is 10.0. The van der Waals surface area contributed by atoms with Crippen molar-refractivity contribution in [1.82, 2.24) is 0 Å². The predicted molar refractivity (Wildman–Crippen MR) is 51.6 cm³/mol. The van der Waals surface area contributed by atoms with Gasteiger partial charge in [0, 0.05) is 6.54 Å². The van der Waals surface area contributed by atoms with Gasteiger partial charge in [-0.15, -0.1) is 12.4 Å². The Morgan fingerprint density at radius 1 is 0.941 bits per heavy atom. The SMILES string of the molecule is Cl.NCc1ccc(C(F)(F)F)cc1C(F)(F)F. The predicted octanol–water partition coefficient (Wildman–Crippen LogP) is 3.60. The zero-order valence-electron chi connectivity index (χ0n) is 8.19. The quantitative estimate of drug-likeness (QED) is 0.781. The summed E-state index contributed by atoms with van der Waals surface area (Å²) in [7, 11) is 0. The fraction of sp³-hybridized carbons (Fsp3) is 0.333. The van der Waals surface area contributed by atoms with Crippen molar-refractivity contribution in [2.75, 3.05) is 0 Å². The van der Waals surface area contributed by atoms with Crippen molar-refractivity contribution in [3.8, 4) is 0 Å². The van der Waals surface area contributed by atoms with Gasteiger partial charge in [0.2, 0.25) is 0 Å². The van der Waals surface area contributed by atoms with Gasteiger partial charge < -0.3 is 5.73 Å². The van der Waals surface area contributed by atoms with E-state index < -0.39 is 30.0 Å². The standard InChI is InChI=1S/C9H7F6N.ClH/c10-8(11,12)6-2-1-5(4-16)7(3-6)9(13,14)15;/h1-3H,4,16H2;1H. The largest absolute Gasteiger partial charge is 0.416 e. The molecule has 0 spiro atoms. The van der Waals surface area contributed by atoms with E-state index in [4.69, 9.17) is 5.73 Å². The van der Waals surface area contributed by atoms with Crippen LogP contribution in [0.25, 0.3) is 0 Å². The van der Waals surface area contributed by atoms with Crippen molar-refractivity contribution in [2.24, 2.45) is 5.73 Å². The smallest absolute Gasteiger partial charge is 0.326 e. The van der Waals surface area contributed by atoms with Crippen LogP contribution >= 0.6 is 12.4 Å². The highest BCUT2D eigenvalue weighted by molar-refractivity contribution is 5.85. The summed E-state index contributed by atoms with van der Waals surface area (Å²) >= 11 is 0. The summed E-state index contributed by atoms with van der Waals surface area (Å²) in [5, 5.41) is 0. The lowest BCUT2D eigenvalue weighted by Gasteiger charge is -2.14. The van der Waals surface area contributed by atoms with Gasteiger partial charge >= 0.3 is 12.4 Å². The van der Waals surface area contributed by atoms with Gasteiger partial charge in [0.25, 0.3) is 0 Å². The molecule has 2 N–H and O–H groups in total. The molecule has 0 radical (unpaired) electrons. The Bertz CT molecular complexity index is 384. The Kier molecular flexibility index (Phi) is 4.85. The van der Waals surface area contributed by atoms with Crippen LogP contribution in [0.5, 0.6) is 0 Å². The van der Waals surface area contributed by atoms with E-state index in [0.717, 1.165) is 6.07 Å². The second-order valence-corrected chi connectivity index (χ2v) is 3.07. The van der Waals surface area contributed by atoms with E-state index >= 15 is 0 Å². The molecule has 1 aromatic rings. The fourth-order valence-electron chi connectivity index (χ4n) is 1.19. The van der Waals surface area contributed by atoms with Crippen molar-refractivity contribution >= 4 is 12.4 Å². The number of rotatable bonds is 1. The third-order valence-electron chi connectivity index (χ3n) is 1.96. The van der Waals surface area contributed by atoms with Gasteiger partial charge in [0.1, 0.15) is 0 Å². The minimum atomic E-state index is -4.84. The highest BCUT2D eigenvalue weighted by Crippen LogP contribution is 2.37. The van der Waals surface area contributed by atoms with Gasteiger partial charge in [-0.3, -0.25) is 0 Å². The molecule has 0 aliphatic rings. The highest BCUT2D eigenvalue weighted by Gasteiger charge is 2.37.